The smallest absolute Gasteiger partial charge is 0.418 e. The third-order valence-corrected chi connectivity index (χ3v) is 11.7. The zero-order valence-corrected chi connectivity index (χ0v) is 33.6. The number of halogens is 4. The SMILES string of the molecule is Nc1c(Cl)cc(C[C@@H](OC(=O)N2CCC(N3CCc4ccccc4NC3=O)CC2)C(=O)N2CCN(c3ccc(C(=O)OCCN4CCCC4=O)cn3)CC2)cc1C(F)(F)F. The van der Waals surface area contributed by atoms with Crippen molar-refractivity contribution in [2.45, 2.75) is 56.8 Å². The summed E-state index contributed by atoms with van der Waals surface area (Å²) in [5.41, 5.74) is 5.90. The summed E-state index contributed by atoms with van der Waals surface area (Å²) in [6.45, 7) is 3.01. The van der Waals surface area contributed by atoms with E-state index in [1.54, 1.807) is 21.9 Å². The van der Waals surface area contributed by atoms with E-state index < -0.39 is 47.9 Å². The summed E-state index contributed by atoms with van der Waals surface area (Å²) >= 11 is 6.12. The van der Waals surface area contributed by atoms with Gasteiger partial charge in [-0.05, 0) is 67.1 Å². The van der Waals surface area contributed by atoms with Crippen LogP contribution in [0.25, 0.3) is 0 Å². The Bertz CT molecular complexity index is 2090. The molecule has 0 spiro atoms. The van der Waals surface area contributed by atoms with E-state index in [9.17, 15) is 37.1 Å². The molecule has 15 nitrogen and oxygen atoms in total. The van der Waals surface area contributed by atoms with Crippen LogP contribution < -0.4 is 16.0 Å². The Kier molecular flexibility index (Phi) is 12.9. The lowest BCUT2D eigenvalue weighted by atomic mass is 10.0. The van der Waals surface area contributed by atoms with Crippen molar-refractivity contribution in [1.29, 1.82) is 0 Å². The minimum absolute atomic E-state index is 0.00513. The summed E-state index contributed by atoms with van der Waals surface area (Å²) in [5, 5.41) is 2.62. The van der Waals surface area contributed by atoms with E-state index in [0.717, 1.165) is 23.7 Å². The average Bonchev–Trinajstić information content (AvgIpc) is 3.57. The number of anilines is 3. The maximum atomic E-state index is 14.1. The molecule has 0 unspecified atom stereocenters. The summed E-state index contributed by atoms with van der Waals surface area (Å²) in [7, 11) is 0. The molecular weight excluding hydrogens is 809 g/mol. The van der Waals surface area contributed by atoms with E-state index in [0.29, 0.717) is 64.2 Å². The molecule has 5 amide bonds. The fourth-order valence-electron chi connectivity index (χ4n) is 8.04. The molecule has 3 aromatic rings. The zero-order chi connectivity index (χ0) is 42.6. The fraction of sp³-hybridized carbons (Fsp3) is 0.463. The van der Waals surface area contributed by atoms with E-state index in [1.165, 1.54) is 22.1 Å². The number of rotatable bonds is 10. The molecule has 4 aliphatic rings. The zero-order valence-electron chi connectivity index (χ0n) is 32.8. The summed E-state index contributed by atoms with van der Waals surface area (Å²) in [4.78, 5) is 78.0. The van der Waals surface area contributed by atoms with Gasteiger partial charge >= 0.3 is 24.3 Å². The van der Waals surface area contributed by atoms with E-state index >= 15 is 0 Å². The third kappa shape index (κ3) is 9.80. The second-order valence-corrected chi connectivity index (χ2v) is 15.6. The molecule has 60 heavy (non-hydrogen) atoms. The van der Waals surface area contributed by atoms with Crippen LogP contribution in [0.1, 0.15) is 52.7 Å². The summed E-state index contributed by atoms with van der Waals surface area (Å²) in [6, 6.07) is 12.5. The van der Waals surface area contributed by atoms with Gasteiger partial charge in [-0.25, -0.2) is 19.4 Å². The number of amides is 5. The van der Waals surface area contributed by atoms with Gasteiger partial charge < -0.3 is 45.0 Å². The Hall–Kier alpha value is -5.78. The van der Waals surface area contributed by atoms with E-state index in [-0.39, 0.29) is 66.9 Å². The number of urea groups is 1. The minimum Gasteiger partial charge on any atom is -0.460 e. The largest absolute Gasteiger partial charge is 0.460 e. The lowest BCUT2D eigenvalue weighted by molar-refractivity contribution is -0.141. The maximum absolute atomic E-state index is 14.1. The molecule has 3 fully saturated rings. The van der Waals surface area contributed by atoms with Crippen LogP contribution in [0.4, 0.5) is 40.0 Å². The lowest BCUT2D eigenvalue weighted by Crippen LogP contribution is -2.54. The van der Waals surface area contributed by atoms with Gasteiger partial charge in [-0.15, -0.1) is 0 Å². The molecule has 19 heteroatoms. The second-order valence-electron chi connectivity index (χ2n) is 15.2. The lowest BCUT2D eigenvalue weighted by Gasteiger charge is -2.39. The maximum Gasteiger partial charge on any atom is 0.418 e. The molecule has 3 N–H and O–H groups in total. The van der Waals surface area contributed by atoms with Crippen molar-refractivity contribution in [2.75, 3.05) is 81.5 Å². The Morgan fingerprint density at radius 2 is 1.68 bits per heavy atom. The number of fused-ring (bicyclic) bond motifs is 1. The molecule has 0 bridgehead atoms. The summed E-state index contributed by atoms with van der Waals surface area (Å²) in [6.07, 6.45) is -3.25. The second kappa shape index (κ2) is 18.2. The normalized spacial score (nSPS) is 18.2. The minimum atomic E-state index is -4.82. The van der Waals surface area contributed by atoms with Gasteiger partial charge in [-0.2, -0.15) is 13.2 Å². The van der Waals surface area contributed by atoms with Gasteiger partial charge in [-0.3, -0.25) is 9.59 Å². The molecular formula is C41H46ClF3N8O7. The number of ether oxygens (including phenoxy) is 2. The summed E-state index contributed by atoms with van der Waals surface area (Å²) in [5.74, 6) is -0.572. The molecule has 0 radical (unpaired) electrons. The quantitative estimate of drug-likeness (QED) is 0.208. The van der Waals surface area contributed by atoms with E-state index in [4.69, 9.17) is 26.8 Å². The van der Waals surface area contributed by atoms with Gasteiger partial charge in [0.25, 0.3) is 5.91 Å². The number of esters is 1. The number of nitrogens with two attached hydrogens (primary N) is 1. The standard InChI is InChI=1S/C41H46ClF3N8O7/c42-31-23-26(22-30(36(31)46)41(43,44)45)24-33(60-40(58)52-13-10-29(11-14-52)53-15-9-27-4-1-2-5-32(27)48-39(53)57)37(55)51-18-16-49(17-19-51)34-8-7-28(25-47-34)38(56)59-21-20-50-12-3-6-35(50)54/h1-2,4-5,7-8,22-23,25,29,33H,3,6,9-21,24,46H2,(H,48,57)/t33-/m1/s1. The number of pyridine rings is 1. The number of likely N-dealkylation sites (tertiary alicyclic amines) is 2. The van der Waals surface area contributed by atoms with Gasteiger partial charge in [0.2, 0.25) is 5.91 Å². The molecule has 0 aliphatic carbocycles. The topological polar surface area (TPSA) is 171 Å². The number of nitrogens with one attached hydrogen (secondary N) is 1. The number of alkyl halides is 3. The summed E-state index contributed by atoms with van der Waals surface area (Å²) < 4.78 is 52.9. The number of hydrogen-bond acceptors (Lipinski definition) is 10. The molecule has 320 valence electrons. The number of benzene rings is 2. The number of carbonyl (C=O) groups is 5. The fourth-order valence-corrected chi connectivity index (χ4v) is 8.28. The molecule has 7 rings (SSSR count). The van der Waals surface area contributed by atoms with Crippen molar-refractivity contribution in [3.63, 3.8) is 0 Å². The molecule has 3 saturated heterocycles. The van der Waals surface area contributed by atoms with Crippen LogP contribution in [-0.2, 0) is 38.1 Å². The van der Waals surface area contributed by atoms with E-state index in [1.807, 2.05) is 29.2 Å². The molecule has 4 aliphatic heterocycles. The molecule has 2 aromatic carbocycles. The van der Waals surface area contributed by atoms with Crippen LogP contribution in [0.15, 0.2) is 54.7 Å². The number of para-hydroxylation sites is 1. The number of piperidine rings is 1. The van der Waals surface area contributed by atoms with Crippen LogP contribution in [0, 0.1) is 0 Å². The number of aromatic nitrogens is 1. The first-order valence-electron chi connectivity index (χ1n) is 20.0. The Morgan fingerprint density at radius 3 is 2.37 bits per heavy atom. The van der Waals surface area contributed by atoms with Crippen molar-refractivity contribution in [3.8, 4) is 0 Å². The van der Waals surface area contributed by atoms with Crippen molar-refractivity contribution in [1.82, 2.24) is 24.6 Å². The Balaban J connectivity index is 0.976. The third-order valence-electron chi connectivity index (χ3n) is 11.4. The number of piperazine rings is 1. The number of nitrogens with zero attached hydrogens (tertiary/aromatic N) is 6. The van der Waals surface area contributed by atoms with Crippen molar-refractivity contribution < 1.29 is 46.6 Å². The highest BCUT2D eigenvalue weighted by Crippen LogP contribution is 2.38. The molecule has 1 atom stereocenters. The average molecular weight is 855 g/mol. The highest BCUT2D eigenvalue weighted by Gasteiger charge is 2.38. The molecule has 1 aromatic heterocycles. The van der Waals surface area contributed by atoms with Crippen molar-refractivity contribution in [3.05, 3.63) is 82.0 Å². The van der Waals surface area contributed by atoms with Gasteiger partial charge in [-0.1, -0.05) is 29.8 Å². The van der Waals surface area contributed by atoms with Crippen LogP contribution in [0.2, 0.25) is 5.02 Å². The first kappa shape index (κ1) is 42.3. The number of carbonyl (C=O) groups excluding carboxylic acids is 5. The van der Waals surface area contributed by atoms with Gasteiger partial charge in [0.15, 0.2) is 6.10 Å². The van der Waals surface area contributed by atoms with Gasteiger partial charge in [0, 0.05) is 83.1 Å². The van der Waals surface area contributed by atoms with Crippen LogP contribution >= 0.6 is 11.6 Å². The number of hydrogen-bond donors (Lipinski definition) is 2. The van der Waals surface area contributed by atoms with Crippen LogP contribution in [-0.4, -0.2) is 132 Å². The Labute approximate surface area is 349 Å². The van der Waals surface area contributed by atoms with Crippen LogP contribution in [0.5, 0.6) is 0 Å². The number of nitrogen functional groups attached to an aromatic ring is 1. The Morgan fingerprint density at radius 1 is 0.933 bits per heavy atom. The molecule has 0 saturated carbocycles. The first-order chi connectivity index (χ1) is 28.7. The molecule has 5 heterocycles. The van der Waals surface area contributed by atoms with Crippen molar-refractivity contribution >= 4 is 58.7 Å². The highest BCUT2D eigenvalue weighted by molar-refractivity contribution is 6.33. The van der Waals surface area contributed by atoms with Gasteiger partial charge in [0.1, 0.15) is 12.4 Å². The predicted octanol–water partition coefficient (Wildman–Crippen LogP) is 5.07. The monoisotopic (exact) mass is 854 g/mol. The predicted molar refractivity (Wildman–Crippen MR) is 214 cm³/mol. The first-order valence-corrected chi connectivity index (χ1v) is 20.3. The van der Waals surface area contributed by atoms with E-state index in [2.05, 4.69) is 10.3 Å². The van der Waals surface area contributed by atoms with Crippen molar-refractivity contribution in [2.24, 2.45) is 0 Å². The van der Waals surface area contributed by atoms with Gasteiger partial charge in [0.05, 0.1) is 28.4 Å². The highest BCUT2D eigenvalue weighted by atomic mass is 35.5. The van der Waals surface area contributed by atoms with Crippen LogP contribution in [0.3, 0.4) is 0 Å².